The van der Waals surface area contributed by atoms with Crippen LogP contribution in [0.15, 0.2) is 22.7 Å². The molecular weight excluding hydrogens is 338 g/mol. The molecule has 4 nitrogen and oxygen atoms in total. The summed E-state index contributed by atoms with van der Waals surface area (Å²) in [5.74, 6) is 0.693. The number of nitrogens with zero attached hydrogens (tertiary/aromatic N) is 2. The molecule has 0 bridgehead atoms. The number of halogens is 1. The van der Waals surface area contributed by atoms with Gasteiger partial charge in [0.05, 0.1) is 18.5 Å². The molecule has 0 aliphatic carbocycles. The molecule has 0 aliphatic heterocycles. The number of nitrogens with one attached hydrogen (secondary N) is 1. The summed E-state index contributed by atoms with van der Waals surface area (Å²) >= 11 is 5.18. The molecular formula is C14H18BrN3OS. The third kappa shape index (κ3) is 3.24. The Labute approximate surface area is 131 Å². The molecule has 0 unspecified atom stereocenters. The third-order valence-electron chi connectivity index (χ3n) is 2.93. The quantitative estimate of drug-likeness (QED) is 0.882. The lowest BCUT2D eigenvalue weighted by Crippen LogP contribution is -2.07. The van der Waals surface area contributed by atoms with Crippen LogP contribution < -0.4 is 15.0 Å². The number of methoxy groups -OCH3 is 1. The molecule has 1 aromatic carbocycles. The zero-order valence-corrected chi connectivity index (χ0v) is 14.4. The SMILES string of the molecule is COc1nc(N(C)C)sc1CNc1cccc(Br)c1C. The lowest BCUT2D eigenvalue weighted by atomic mass is 10.2. The zero-order chi connectivity index (χ0) is 14.7. The fraction of sp³-hybridized carbons (Fsp3) is 0.357. The van der Waals surface area contributed by atoms with Gasteiger partial charge in [-0.05, 0) is 24.6 Å². The molecule has 0 fully saturated rings. The van der Waals surface area contributed by atoms with E-state index in [0.717, 1.165) is 20.2 Å². The number of hydrogen-bond donors (Lipinski definition) is 1. The molecule has 0 saturated carbocycles. The van der Waals surface area contributed by atoms with E-state index >= 15 is 0 Å². The first-order valence-corrected chi connectivity index (χ1v) is 7.84. The van der Waals surface area contributed by atoms with Crippen molar-refractivity contribution in [1.29, 1.82) is 0 Å². The van der Waals surface area contributed by atoms with Crippen molar-refractivity contribution in [2.45, 2.75) is 13.5 Å². The van der Waals surface area contributed by atoms with Gasteiger partial charge in [0.25, 0.3) is 0 Å². The van der Waals surface area contributed by atoms with E-state index in [9.17, 15) is 0 Å². The summed E-state index contributed by atoms with van der Waals surface area (Å²) in [5, 5.41) is 4.39. The second-order valence-corrected chi connectivity index (χ2v) is 6.51. The largest absolute Gasteiger partial charge is 0.480 e. The van der Waals surface area contributed by atoms with Gasteiger partial charge < -0.3 is 15.0 Å². The van der Waals surface area contributed by atoms with Gasteiger partial charge in [0.1, 0.15) is 0 Å². The Kier molecular flexibility index (Phi) is 4.88. The number of thiazole rings is 1. The summed E-state index contributed by atoms with van der Waals surface area (Å²) in [6, 6.07) is 6.13. The van der Waals surface area contributed by atoms with E-state index in [-0.39, 0.29) is 0 Å². The minimum absolute atomic E-state index is 0.693. The van der Waals surface area contributed by atoms with E-state index in [1.165, 1.54) is 5.56 Å². The van der Waals surface area contributed by atoms with Gasteiger partial charge in [-0.2, -0.15) is 4.98 Å². The Morgan fingerprint density at radius 3 is 2.80 bits per heavy atom. The molecule has 1 N–H and O–H groups in total. The molecule has 1 heterocycles. The van der Waals surface area contributed by atoms with Gasteiger partial charge in [-0.25, -0.2) is 0 Å². The number of rotatable bonds is 5. The zero-order valence-electron chi connectivity index (χ0n) is 12.0. The lowest BCUT2D eigenvalue weighted by molar-refractivity contribution is 0.397. The van der Waals surface area contributed by atoms with Crippen LogP contribution in [0.5, 0.6) is 5.88 Å². The molecule has 2 aromatic rings. The minimum atomic E-state index is 0.693. The second kappa shape index (κ2) is 6.45. The highest BCUT2D eigenvalue weighted by atomic mass is 79.9. The average Bonchev–Trinajstić information content (AvgIpc) is 2.84. The van der Waals surface area contributed by atoms with Crippen LogP contribution in [-0.4, -0.2) is 26.2 Å². The van der Waals surface area contributed by atoms with Gasteiger partial charge in [-0.3, -0.25) is 0 Å². The molecule has 2 rings (SSSR count). The fourth-order valence-electron chi connectivity index (χ4n) is 1.76. The fourth-order valence-corrected chi connectivity index (χ4v) is 3.02. The minimum Gasteiger partial charge on any atom is -0.480 e. The van der Waals surface area contributed by atoms with Gasteiger partial charge >= 0.3 is 0 Å². The summed E-state index contributed by atoms with van der Waals surface area (Å²) in [6.45, 7) is 2.79. The van der Waals surface area contributed by atoms with Gasteiger partial charge in [0, 0.05) is 24.3 Å². The van der Waals surface area contributed by atoms with E-state index in [0.29, 0.717) is 12.4 Å². The van der Waals surface area contributed by atoms with Crippen molar-refractivity contribution in [2.24, 2.45) is 0 Å². The van der Waals surface area contributed by atoms with E-state index in [1.54, 1.807) is 18.4 Å². The van der Waals surface area contributed by atoms with Crippen molar-refractivity contribution in [1.82, 2.24) is 4.98 Å². The Bertz CT molecular complexity index is 598. The summed E-state index contributed by atoms with van der Waals surface area (Å²) in [7, 11) is 5.62. The number of aromatic nitrogens is 1. The molecule has 20 heavy (non-hydrogen) atoms. The van der Waals surface area contributed by atoms with Gasteiger partial charge in [0.15, 0.2) is 5.13 Å². The van der Waals surface area contributed by atoms with Crippen molar-refractivity contribution < 1.29 is 4.74 Å². The first-order chi connectivity index (χ1) is 9.52. The van der Waals surface area contributed by atoms with Crippen molar-refractivity contribution >= 4 is 38.1 Å². The molecule has 0 aliphatic rings. The van der Waals surface area contributed by atoms with Gasteiger partial charge in [-0.1, -0.05) is 33.3 Å². The Hall–Kier alpha value is -1.27. The number of benzene rings is 1. The van der Waals surface area contributed by atoms with Crippen LogP contribution in [0.2, 0.25) is 0 Å². The summed E-state index contributed by atoms with van der Waals surface area (Å²) in [5.41, 5.74) is 2.31. The standard InChI is InChI=1S/C14H18BrN3OS/c1-9-10(15)6-5-7-11(9)16-8-12-13(19-4)17-14(20-12)18(2)3/h5-7,16H,8H2,1-4H3. The van der Waals surface area contributed by atoms with E-state index in [4.69, 9.17) is 4.74 Å². The highest BCUT2D eigenvalue weighted by Crippen LogP contribution is 2.31. The average molecular weight is 356 g/mol. The third-order valence-corrected chi connectivity index (χ3v) is 5.00. The smallest absolute Gasteiger partial charge is 0.231 e. The topological polar surface area (TPSA) is 37.4 Å². The number of ether oxygens (including phenoxy) is 1. The Morgan fingerprint density at radius 1 is 1.40 bits per heavy atom. The van der Waals surface area contributed by atoms with Crippen LogP contribution in [0.25, 0.3) is 0 Å². The van der Waals surface area contributed by atoms with Crippen LogP contribution in [0, 0.1) is 6.92 Å². The first kappa shape index (κ1) is 15.1. The summed E-state index contributed by atoms with van der Waals surface area (Å²) < 4.78 is 6.45. The van der Waals surface area contributed by atoms with Crippen molar-refractivity contribution in [3.63, 3.8) is 0 Å². The van der Waals surface area contributed by atoms with Gasteiger partial charge in [0.2, 0.25) is 5.88 Å². The van der Waals surface area contributed by atoms with Crippen molar-refractivity contribution in [3.8, 4) is 5.88 Å². The van der Waals surface area contributed by atoms with Gasteiger partial charge in [-0.15, -0.1) is 0 Å². The Balaban J connectivity index is 2.16. The van der Waals surface area contributed by atoms with E-state index in [2.05, 4.69) is 39.2 Å². The maximum atomic E-state index is 5.34. The Morgan fingerprint density at radius 2 is 2.15 bits per heavy atom. The van der Waals surface area contributed by atoms with Crippen LogP contribution in [0.4, 0.5) is 10.8 Å². The molecule has 1 aromatic heterocycles. The maximum absolute atomic E-state index is 5.34. The normalized spacial score (nSPS) is 10.4. The monoisotopic (exact) mass is 355 g/mol. The van der Waals surface area contributed by atoms with E-state index < -0.39 is 0 Å². The molecule has 0 saturated heterocycles. The maximum Gasteiger partial charge on any atom is 0.231 e. The summed E-state index contributed by atoms with van der Waals surface area (Å²) in [4.78, 5) is 7.53. The predicted octanol–water partition coefficient (Wildman–Crippen LogP) is 3.90. The first-order valence-electron chi connectivity index (χ1n) is 6.23. The number of hydrogen-bond acceptors (Lipinski definition) is 5. The van der Waals surface area contributed by atoms with Crippen LogP contribution >= 0.6 is 27.3 Å². The molecule has 0 spiro atoms. The molecule has 108 valence electrons. The van der Waals surface area contributed by atoms with Crippen LogP contribution in [-0.2, 0) is 6.54 Å². The second-order valence-electron chi connectivity index (χ2n) is 4.59. The molecule has 6 heteroatoms. The molecule has 0 atom stereocenters. The highest BCUT2D eigenvalue weighted by molar-refractivity contribution is 9.10. The lowest BCUT2D eigenvalue weighted by Gasteiger charge is -2.10. The molecule has 0 radical (unpaired) electrons. The van der Waals surface area contributed by atoms with E-state index in [1.807, 2.05) is 31.1 Å². The van der Waals surface area contributed by atoms with Crippen LogP contribution in [0.3, 0.4) is 0 Å². The van der Waals surface area contributed by atoms with Crippen molar-refractivity contribution in [2.75, 3.05) is 31.4 Å². The predicted molar refractivity (Wildman–Crippen MR) is 89.2 cm³/mol. The highest BCUT2D eigenvalue weighted by Gasteiger charge is 2.13. The van der Waals surface area contributed by atoms with Crippen LogP contribution in [0.1, 0.15) is 10.4 Å². The summed E-state index contributed by atoms with van der Waals surface area (Å²) in [6.07, 6.45) is 0. The molecule has 0 amide bonds. The number of anilines is 2. The van der Waals surface area contributed by atoms with Crippen molar-refractivity contribution in [3.05, 3.63) is 33.1 Å².